The van der Waals surface area contributed by atoms with Gasteiger partial charge in [-0.15, -0.1) is 0 Å². The van der Waals surface area contributed by atoms with Crippen LogP contribution in [0.4, 0.5) is 0 Å². The predicted octanol–water partition coefficient (Wildman–Crippen LogP) is 0.877. The van der Waals surface area contributed by atoms with Crippen molar-refractivity contribution in [2.75, 3.05) is 39.5 Å². The van der Waals surface area contributed by atoms with E-state index < -0.39 is 0 Å². The number of hydrogen-bond donors (Lipinski definition) is 1. The number of nitrogens with one attached hydrogen (secondary N) is 1. The summed E-state index contributed by atoms with van der Waals surface area (Å²) in [5, 5.41) is 4.47. The maximum atomic E-state index is 4.46. The molecule has 13 heavy (non-hydrogen) atoms. The lowest BCUT2D eigenvalue weighted by atomic mass is 10.2. The molecule has 0 aliphatic carbocycles. The standard InChI is InChI=1S/C9H19N3S/c1-8-6-11-9(13-7-8)10-4-5-12(2)3/h8H,4-7H2,1-3H3,(H,10,11). The van der Waals surface area contributed by atoms with Gasteiger partial charge in [-0.3, -0.25) is 4.99 Å². The van der Waals surface area contributed by atoms with E-state index in [1.165, 1.54) is 5.75 Å². The molecule has 1 aliphatic rings. The quantitative estimate of drug-likeness (QED) is 0.734. The summed E-state index contributed by atoms with van der Waals surface area (Å²) >= 11 is 1.84. The van der Waals surface area contributed by atoms with Crippen molar-refractivity contribution in [1.82, 2.24) is 10.2 Å². The van der Waals surface area contributed by atoms with E-state index in [1.54, 1.807) is 0 Å². The lowest BCUT2D eigenvalue weighted by Crippen LogP contribution is -2.32. The van der Waals surface area contributed by atoms with Gasteiger partial charge in [-0.2, -0.15) is 0 Å². The first-order chi connectivity index (χ1) is 6.18. The van der Waals surface area contributed by atoms with Crippen molar-refractivity contribution in [2.45, 2.75) is 6.92 Å². The summed E-state index contributed by atoms with van der Waals surface area (Å²) in [6.07, 6.45) is 0. The Morgan fingerprint density at radius 1 is 1.62 bits per heavy atom. The minimum atomic E-state index is 0.740. The lowest BCUT2D eigenvalue weighted by Gasteiger charge is -2.18. The van der Waals surface area contributed by atoms with Gasteiger partial charge in [-0.25, -0.2) is 0 Å². The molecule has 1 unspecified atom stereocenters. The van der Waals surface area contributed by atoms with Gasteiger partial charge in [-0.1, -0.05) is 18.7 Å². The highest BCUT2D eigenvalue weighted by atomic mass is 32.2. The molecule has 1 aliphatic heterocycles. The van der Waals surface area contributed by atoms with Crippen LogP contribution in [0, 0.1) is 5.92 Å². The van der Waals surface area contributed by atoms with Gasteiger partial charge < -0.3 is 10.2 Å². The molecule has 0 saturated heterocycles. The molecule has 0 aromatic heterocycles. The molecule has 3 nitrogen and oxygen atoms in total. The highest BCUT2D eigenvalue weighted by Gasteiger charge is 2.10. The van der Waals surface area contributed by atoms with Gasteiger partial charge in [0, 0.05) is 25.4 Å². The number of hydrogen-bond acceptors (Lipinski definition) is 4. The Morgan fingerprint density at radius 3 is 2.92 bits per heavy atom. The van der Waals surface area contributed by atoms with Crippen molar-refractivity contribution in [2.24, 2.45) is 10.9 Å². The second kappa shape index (κ2) is 5.50. The fourth-order valence-electron chi connectivity index (χ4n) is 1.05. The first-order valence-corrected chi connectivity index (χ1v) is 5.73. The third-order valence-corrected chi connectivity index (χ3v) is 3.17. The van der Waals surface area contributed by atoms with Crippen molar-refractivity contribution >= 4 is 16.9 Å². The zero-order valence-electron chi connectivity index (χ0n) is 8.71. The van der Waals surface area contributed by atoms with Crippen molar-refractivity contribution in [3.05, 3.63) is 0 Å². The van der Waals surface area contributed by atoms with Crippen LogP contribution in [0.1, 0.15) is 6.92 Å². The monoisotopic (exact) mass is 201 g/mol. The number of thioether (sulfide) groups is 1. The number of rotatable bonds is 3. The Balaban J connectivity index is 2.15. The van der Waals surface area contributed by atoms with E-state index in [-0.39, 0.29) is 0 Å². The van der Waals surface area contributed by atoms with Crippen LogP contribution in [-0.2, 0) is 0 Å². The third-order valence-electron chi connectivity index (χ3n) is 1.89. The van der Waals surface area contributed by atoms with E-state index in [9.17, 15) is 0 Å². The smallest absolute Gasteiger partial charge is 0.156 e. The van der Waals surface area contributed by atoms with Gasteiger partial charge in [0.1, 0.15) is 0 Å². The molecule has 0 saturated carbocycles. The Hall–Kier alpha value is -0.220. The van der Waals surface area contributed by atoms with E-state index in [0.29, 0.717) is 0 Å². The first-order valence-electron chi connectivity index (χ1n) is 4.74. The number of aliphatic imine (C=N–C) groups is 1. The Morgan fingerprint density at radius 2 is 2.38 bits per heavy atom. The van der Waals surface area contributed by atoms with E-state index in [2.05, 4.69) is 36.2 Å². The largest absolute Gasteiger partial charge is 0.364 e. The second-order valence-electron chi connectivity index (χ2n) is 3.79. The van der Waals surface area contributed by atoms with Crippen LogP contribution in [0.5, 0.6) is 0 Å². The molecule has 1 heterocycles. The SMILES string of the molecule is CC1CN=C(NCCN(C)C)SC1. The zero-order chi connectivity index (χ0) is 9.68. The molecular formula is C9H19N3S. The van der Waals surface area contributed by atoms with Crippen LogP contribution in [0.15, 0.2) is 4.99 Å². The first kappa shape index (κ1) is 10.9. The van der Waals surface area contributed by atoms with Crippen LogP contribution in [-0.4, -0.2) is 49.6 Å². The molecule has 0 aromatic rings. The normalized spacial score (nSPS) is 23.1. The van der Waals surface area contributed by atoms with Gasteiger partial charge >= 0.3 is 0 Å². The van der Waals surface area contributed by atoms with Crippen LogP contribution in [0.3, 0.4) is 0 Å². The maximum Gasteiger partial charge on any atom is 0.156 e. The van der Waals surface area contributed by atoms with E-state index >= 15 is 0 Å². The molecule has 76 valence electrons. The number of nitrogens with zero attached hydrogens (tertiary/aromatic N) is 2. The van der Waals surface area contributed by atoms with Crippen molar-refractivity contribution in [3.63, 3.8) is 0 Å². The second-order valence-corrected chi connectivity index (χ2v) is 4.80. The third kappa shape index (κ3) is 4.52. The van der Waals surface area contributed by atoms with E-state index in [4.69, 9.17) is 0 Å². The molecule has 4 heteroatoms. The summed E-state index contributed by atoms with van der Waals surface area (Å²) < 4.78 is 0. The molecule has 0 bridgehead atoms. The highest BCUT2D eigenvalue weighted by molar-refractivity contribution is 8.13. The average Bonchev–Trinajstić information content (AvgIpc) is 2.08. The Labute approximate surface area is 85.0 Å². The summed E-state index contributed by atoms with van der Waals surface area (Å²) in [5.74, 6) is 1.94. The molecule has 1 N–H and O–H groups in total. The molecule has 0 spiro atoms. The fourth-order valence-corrected chi connectivity index (χ4v) is 1.97. The van der Waals surface area contributed by atoms with Crippen LogP contribution < -0.4 is 5.32 Å². The molecule has 0 aromatic carbocycles. The molecule has 1 rings (SSSR count). The van der Waals surface area contributed by atoms with Gasteiger partial charge in [0.25, 0.3) is 0 Å². The molecule has 1 atom stereocenters. The van der Waals surface area contributed by atoms with Crippen LogP contribution in [0.2, 0.25) is 0 Å². The summed E-state index contributed by atoms with van der Waals surface area (Å²) in [4.78, 5) is 6.63. The minimum absolute atomic E-state index is 0.740. The molecule has 0 amide bonds. The van der Waals surface area contributed by atoms with Gasteiger partial charge in [-0.05, 0) is 20.0 Å². The Kier molecular flexibility index (Phi) is 4.59. The predicted molar refractivity (Wildman–Crippen MR) is 60.5 cm³/mol. The van der Waals surface area contributed by atoms with Crippen LogP contribution in [0.25, 0.3) is 0 Å². The number of likely N-dealkylation sites (N-methyl/N-ethyl adjacent to an activating group) is 1. The summed E-state index contributed by atoms with van der Waals surface area (Å²) in [6.45, 7) is 5.28. The van der Waals surface area contributed by atoms with Crippen molar-refractivity contribution in [3.8, 4) is 0 Å². The summed E-state index contributed by atoms with van der Waals surface area (Å²) in [7, 11) is 4.17. The molecule has 0 radical (unpaired) electrons. The van der Waals surface area contributed by atoms with Gasteiger partial charge in [0.05, 0.1) is 0 Å². The molecule has 0 fully saturated rings. The number of amidine groups is 1. The van der Waals surface area contributed by atoms with Gasteiger partial charge in [0.2, 0.25) is 0 Å². The van der Waals surface area contributed by atoms with Crippen molar-refractivity contribution in [1.29, 1.82) is 0 Å². The van der Waals surface area contributed by atoms with Crippen molar-refractivity contribution < 1.29 is 0 Å². The Bertz CT molecular complexity index is 180. The van der Waals surface area contributed by atoms with Crippen LogP contribution >= 0.6 is 11.8 Å². The maximum absolute atomic E-state index is 4.46. The summed E-state index contributed by atoms with van der Waals surface area (Å²) in [6, 6.07) is 0. The fraction of sp³-hybridized carbons (Fsp3) is 0.889. The summed E-state index contributed by atoms with van der Waals surface area (Å²) in [5.41, 5.74) is 0. The van der Waals surface area contributed by atoms with E-state index in [0.717, 1.165) is 30.7 Å². The topological polar surface area (TPSA) is 27.6 Å². The average molecular weight is 201 g/mol. The van der Waals surface area contributed by atoms with Gasteiger partial charge in [0.15, 0.2) is 5.17 Å². The lowest BCUT2D eigenvalue weighted by molar-refractivity contribution is 0.413. The minimum Gasteiger partial charge on any atom is -0.364 e. The molecular weight excluding hydrogens is 182 g/mol. The van der Waals surface area contributed by atoms with E-state index in [1.807, 2.05) is 11.8 Å². The zero-order valence-corrected chi connectivity index (χ0v) is 9.52. The highest BCUT2D eigenvalue weighted by Crippen LogP contribution is 2.15.